The first kappa shape index (κ1) is 16.4. The van der Waals surface area contributed by atoms with Gasteiger partial charge in [-0.3, -0.25) is 4.79 Å². The van der Waals surface area contributed by atoms with E-state index in [1.54, 1.807) is 11.8 Å². The summed E-state index contributed by atoms with van der Waals surface area (Å²) in [7, 11) is 0. The summed E-state index contributed by atoms with van der Waals surface area (Å²) >= 11 is 1.56. The number of aliphatic hydroxyl groups excluding tert-OH is 1. The lowest BCUT2D eigenvalue weighted by atomic mass is 9.86. The third-order valence-electron chi connectivity index (χ3n) is 4.44. The zero-order valence-corrected chi connectivity index (χ0v) is 13.8. The molecule has 2 rings (SSSR count). The van der Waals surface area contributed by atoms with E-state index in [4.69, 9.17) is 4.52 Å². The van der Waals surface area contributed by atoms with Gasteiger partial charge in [-0.1, -0.05) is 18.5 Å². The number of aryl methyl sites for hydroxylation is 2. The van der Waals surface area contributed by atoms with Crippen LogP contribution in [-0.2, 0) is 10.5 Å². The molecule has 1 fully saturated rings. The Labute approximate surface area is 129 Å². The average molecular weight is 312 g/mol. The summed E-state index contributed by atoms with van der Waals surface area (Å²) in [6.07, 6.45) is 2.99. The van der Waals surface area contributed by atoms with Gasteiger partial charge in [-0.2, -0.15) is 0 Å². The van der Waals surface area contributed by atoms with Crippen molar-refractivity contribution in [3.8, 4) is 0 Å². The van der Waals surface area contributed by atoms with Crippen LogP contribution in [0.25, 0.3) is 0 Å². The summed E-state index contributed by atoms with van der Waals surface area (Å²) in [4.78, 5) is 12.0. The number of carbonyl (C=O) groups excluding carboxylic acids is 1. The van der Waals surface area contributed by atoms with Crippen molar-refractivity contribution in [2.24, 2.45) is 5.41 Å². The molecule has 0 saturated heterocycles. The number of carbonyl (C=O) groups is 1. The number of amides is 1. The molecule has 0 spiro atoms. The zero-order valence-electron chi connectivity index (χ0n) is 12.9. The van der Waals surface area contributed by atoms with E-state index < -0.39 is 0 Å². The van der Waals surface area contributed by atoms with Crippen molar-refractivity contribution in [2.45, 2.75) is 51.8 Å². The van der Waals surface area contributed by atoms with Crippen molar-refractivity contribution >= 4 is 17.7 Å². The van der Waals surface area contributed by atoms with Gasteiger partial charge in [-0.15, -0.1) is 11.8 Å². The summed E-state index contributed by atoms with van der Waals surface area (Å²) in [5.74, 6) is 2.01. The highest BCUT2D eigenvalue weighted by Crippen LogP contribution is 2.37. The summed E-state index contributed by atoms with van der Waals surface area (Å²) in [6, 6.07) is 0.0923. The molecule has 2 unspecified atom stereocenters. The molecule has 118 valence electrons. The molecular formula is C15H24N2O3S. The number of thioether (sulfide) groups is 1. The number of rotatable bonds is 6. The monoisotopic (exact) mass is 312 g/mol. The van der Waals surface area contributed by atoms with Gasteiger partial charge in [0, 0.05) is 22.8 Å². The first-order chi connectivity index (χ1) is 9.96. The molecule has 0 aromatic carbocycles. The maximum Gasteiger partial charge on any atom is 0.230 e. The average Bonchev–Trinajstić information content (AvgIpc) is 2.97. The van der Waals surface area contributed by atoms with E-state index in [-0.39, 0.29) is 24.0 Å². The van der Waals surface area contributed by atoms with Gasteiger partial charge in [0.05, 0.1) is 18.1 Å². The van der Waals surface area contributed by atoms with Crippen LogP contribution in [0.5, 0.6) is 0 Å². The predicted octanol–water partition coefficient (Wildman–Crippen LogP) is 2.19. The molecule has 1 aliphatic rings. The Hall–Kier alpha value is -1.01. The van der Waals surface area contributed by atoms with E-state index in [0.717, 1.165) is 42.0 Å². The van der Waals surface area contributed by atoms with Crippen molar-refractivity contribution in [1.82, 2.24) is 10.5 Å². The van der Waals surface area contributed by atoms with Gasteiger partial charge in [-0.25, -0.2) is 0 Å². The summed E-state index contributed by atoms with van der Waals surface area (Å²) in [6.45, 7) is 5.98. The first-order valence-corrected chi connectivity index (χ1v) is 8.51. The van der Waals surface area contributed by atoms with Gasteiger partial charge >= 0.3 is 0 Å². The van der Waals surface area contributed by atoms with E-state index in [9.17, 15) is 9.90 Å². The van der Waals surface area contributed by atoms with E-state index in [2.05, 4.69) is 10.5 Å². The fraction of sp³-hybridized carbons (Fsp3) is 0.733. The smallest absolute Gasteiger partial charge is 0.230 e. The largest absolute Gasteiger partial charge is 0.396 e. The fourth-order valence-corrected chi connectivity index (χ4v) is 3.85. The molecule has 5 nitrogen and oxygen atoms in total. The molecular weight excluding hydrogens is 288 g/mol. The van der Waals surface area contributed by atoms with E-state index in [0.29, 0.717) is 5.75 Å². The third kappa shape index (κ3) is 3.80. The molecule has 0 aliphatic heterocycles. The lowest BCUT2D eigenvalue weighted by molar-refractivity contribution is -0.120. The molecule has 2 N–H and O–H groups in total. The Bertz CT molecular complexity index is 484. The molecule has 2 atom stereocenters. The summed E-state index contributed by atoms with van der Waals surface area (Å²) in [5.41, 5.74) is 1.81. The highest BCUT2D eigenvalue weighted by atomic mass is 32.2. The number of nitrogens with one attached hydrogen (secondary N) is 1. The number of aromatic nitrogens is 1. The van der Waals surface area contributed by atoms with Gasteiger partial charge in [0.15, 0.2) is 0 Å². The predicted molar refractivity (Wildman–Crippen MR) is 83.1 cm³/mol. The minimum absolute atomic E-state index is 0.0401. The van der Waals surface area contributed by atoms with Crippen LogP contribution in [-0.4, -0.2) is 34.6 Å². The van der Waals surface area contributed by atoms with Crippen molar-refractivity contribution in [3.63, 3.8) is 0 Å². The number of hydrogen-bond acceptors (Lipinski definition) is 5. The summed E-state index contributed by atoms with van der Waals surface area (Å²) < 4.78 is 5.11. The van der Waals surface area contributed by atoms with Crippen LogP contribution in [0.15, 0.2) is 4.52 Å². The fourth-order valence-electron chi connectivity index (χ4n) is 2.86. The van der Waals surface area contributed by atoms with Gasteiger partial charge in [0.1, 0.15) is 5.76 Å². The standard InChI is InChI=1S/C15H24N2O3S/c1-10-12(11(2)20-17-10)7-21-8-14(19)16-13-5-4-6-15(13,3)9-18/h13,18H,4-9H2,1-3H3,(H,16,19). The molecule has 1 amide bonds. The minimum atomic E-state index is -0.165. The molecule has 1 aliphatic carbocycles. The quantitative estimate of drug-likeness (QED) is 0.842. The van der Waals surface area contributed by atoms with Gasteiger partial charge < -0.3 is 14.9 Å². The number of hydrogen-bond donors (Lipinski definition) is 2. The molecule has 1 saturated carbocycles. The van der Waals surface area contributed by atoms with Crippen molar-refractivity contribution in [2.75, 3.05) is 12.4 Å². The Kier molecular flexibility index (Phi) is 5.32. The van der Waals surface area contributed by atoms with E-state index >= 15 is 0 Å². The maximum absolute atomic E-state index is 12.0. The Balaban J connectivity index is 1.78. The first-order valence-electron chi connectivity index (χ1n) is 7.36. The number of nitrogens with zero attached hydrogens (tertiary/aromatic N) is 1. The lowest BCUT2D eigenvalue weighted by Gasteiger charge is -2.30. The Morgan fingerprint density at radius 1 is 1.57 bits per heavy atom. The molecule has 1 heterocycles. The SMILES string of the molecule is Cc1noc(C)c1CSCC(=O)NC1CCCC1(C)CO. The van der Waals surface area contributed by atoms with Gasteiger partial charge in [-0.05, 0) is 26.7 Å². The van der Waals surface area contributed by atoms with Crippen molar-refractivity contribution < 1.29 is 14.4 Å². The molecule has 21 heavy (non-hydrogen) atoms. The Morgan fingerprint density at radius 2 is 2.33 bits per heavy atom. The minimum Gasteiger partial charge on any atom is -0.396 e. The number of aliphatic hydroxyl groups is 1. The summed E-state index contributed by atoms with van der Waals surface area (Å²) in [5, 5.41) is 16.5. The third-order valence-corrected chi connectivity index (χ3v) is 5.40. The topological polar surface area (TPSA) is 75.4 Å². The zero-order chi connectivity index (χ0) is 15.5. The van der Waals surface area contributed by atoms with Crippen molar-refractivity contribution in [3.05, 3.63) is 17.0 Å². The second kappa shape index (κ2) is 6.83. The van der Waals surface area contributed by atoms with E-state index in [1.807, 2.05) is 20.8 Å². The molecule has 1 aromatic heterocycles. The van der Waals surface area contributed by atoms with Crippen LogP contribution in [0, 0.1) is 19.3 Å². The highest BCUT2D eigenvalue weighted by molar-refractivity contribution is 7.99. The lowest BCUT2D eigenvalue weighted by Crippen LogP contribution is -2.45. The van der Waals surface area contributed by atoms with Crippen LogP contribution >= 0.6 is 11.8 Å². The molecule has 1 aromatic rings. The van der Waals surface area contributed by atoms with Crippen molar-refractivity contribution in [1.29, 1.82) is 0 Å². The van der Waals surface area contributed by atoms with Crippen LogP contribution in [0.3, 0.4) is 0 Å². The van der Waals surface area contributed by atoms with Crippen LogP contribution in [0.2, 0.25) is 0 Å². The van der Waals surface area contributed by atoms with Crippen LogP contribution in [0.1, 0.15) is 43.2 Å². The second-order valence-corrected chi connectivity index (χ2v) is 7.11. The van der Waals surface area contributed by atoms with Crippen LogP contribution < -0.4 is 5.32 Å². The van der Waals surface area contributed by atoms with Gasteiger partial charge in [0.25, 0.3) is 0 Å². The van der Waals surface area contributed by atoms with Crippen LogP contribution in [0.4, 0.5) is 0 Å². The molecule has 0 radical (unpaired) electrons. The highest BCUT2D eigenvalue weighted by Gasteiger charge is 2.38. The Morgan fingerprint density at radius 3 is 2.95 bits per heavy atom. The molecule has 0 bridgehead atoms. The second-order valence-electron chi connectivity index (χ2n) is 6.12. The maximum atomic E-state index is 12.0. The van der Waals surface area contributed by atoms with E-state index in [1.165, 1.54) is 0 Å². The van der Waals surface area contributed by atoms with Gasteiger partial charge in [0.2, 0.25) is 5.91 Å². The molecule has 6 heteroatoms. The normalized spacial score (nSPS) is 25.2.